The molecule has 5 heterocycles. The molecule has 12 rings (SSSR count). The fourth-order valence-electron chi connectivity index (χ4n) is 18.2. The number of pyridine rings is 2. The second-order valence-corrected chi connectivity index (χ2v) is 35.5. The van der Waals surface area contributed by atoms with E-state index >= 15 is 0 Å². The number of piperidine rings is 1. The second-order valence-electron chi connectivity index (χ2n) is 34.7. The van der Waals surface area contributed by atoms with Crippen LogP contribution in [0.2, 0.25) is 10.0 Å². The van der Waals surface area contributed by atoms with E-state index in [9.17, 15) is 63.6 Å². The molecule has 2 unspecified atom stereocenters. The van der Waals surface area contributed by atoms with Crippen LogP contribution in [0.1, 0.15) is 203 Å². The zero-order valence-corrected chi connectivity index (χ0v) is 74.6. The minimum atomic E-state index is -1.10. The number of amides is 3. The lowest BCUT2D eigenvalue weighted by Crippen LogP contribution is -2.66. The summed E-state index contributed by atoms with van der Waals surface area (Å²) in [4.78, 5) is 139. The van der Waals surface area contributed by atoms with Gasteiger partial charge >= 0.3 is 17.9 Å². The summed E-state index contributed by atoms with van der Waals surface area (Å²) in [5.74, 6) is 0.795. The van der Waals surface area contributed by atoms with E-state index in [4.69, 9.17) is 57.6 Å². The van der Waals surface area contributed by atoms with Crippen LogP contribution < -0.4 is 45.1 Å². The molecular formula is C93H114Cl3N11O17. The van der Waals surface area contributed by atoms with Gasteiger partial charge in [0, 0.05) is 141 Å². The Morgan fingerprint density at radius 1 is 0.556 bits per heavy atom. The first-order valence-electron chi connectivity index (χ1n) is 42.0. The van der Waals surface area contributed by atoms with Gasteiger partial charge in [-0.25, -0.2) is 14.8 Å². The van der Waals surface area contributed by atoms with Crippen molar-refractivity contribution in [2.24, 2.45) is 39.2 Å². The van der Waals surface area contributed by atoms with E-state index in [1.54, 1.807) is 79.1 Å². The molecule has 0 bridgehead atoms. The average Bonchev–Trinajstić information content (AvgIpc) is 0.711. The Kier molecular flexibility index (Phi) is 34.4. The van der Waals surface area contributed by atoms with Crippen molar-refractivity contribution >= 4 is 106 Å². The third-order valence-electron chi connectivity index (χ3n) is 24.8. The van der Waals surface area contributed by atoms with Gasteiger partial charge in [0.2, 0.25) is 11.8 Å². The van der Waals surface area contributed by atoms with Gasteiger partial charge in [0.15, 0.2) is 17.3 Å². The maximum Gasteiger partial charge on any atom is 0.335 e. The quantitative estimate of drug-likeness (QED) is 0.00977. The lowest BCUT2D eigenvalue weighted by atomic mass is 9.44. The lowest BCUT2D eigenvalue weighted by Gasteiger charge is -2.63. The van der Waals surface area contributed by atoms with E-state index in [1.807, 2.05) is 24.3 Å². The van der Waals surface area contributed by atoms with Crippen LogP contribution in [-0.4, -0.2) is 201 Å². The van der Waals surface area contributed by atoms with Gasteiger partial charge in [0.25, 0.3) is 5.91 Å². The number of imide groups is 1. The number of Topliss-reactive ketones (excluding diaryl/α,β-unsaturated/α-hetero) is 4. The van der Waals surface area contributed by atoms with Gasteiger partial charge in [-0.15, -0.1) is 12.4 Å². The Hall–Kier alpha value is -10.6. The maximum atomic E-state index is 13.5. The Bertz CT molecular complexity index is 4890. The highest BCUT2D eigenvalue weighted by molar-refractivity contribution is 6.32. The van der Waals surface area contributed by atoms with E-state index in [2.05, 4.69) is 107 Å². The van der Waals surface area contributed by atoms with E-state index in [-0.39, 0.29) is 136 Å². The first-order chi connectivity index (χ1) is 58.5. The molecule has 664 valence electrons. The highest BCUT2D eigenvalue weighted by Gasteiger charge is 2.65. The summed E-state index contributed by atoms with van der Waals surface area (Å²) in [5.41, 5.74) is 7.40. The Labute approximate surface area is 741 Å². The number of hydrogen-bond donors (Lipinski definition) is 4. The van der Waals surface area contributed by atoms with E-state index in [0.29, 0.717) is 105 Å². The number of piperazine rings is 2. The summed E-state index contributed by atoms with van der Waals surface area (Å²) >= 11 is 12.5. The van der Waals surface area contributed by atoms with Gasteiger partial charge in [-0.3, -0.25) is 58.3 Å². The minimum Gasteiger partial charge on any atom is -0.494 e. The molecule has 3 aliphatic heterocycles. The lowest BCUT2D eigenvalue weighted by molar-refractivity contribution is -0.196. The Balaban J connectivity index is 0.000000255. The summed E-state index contributed by atoms with van der Waals surface area (Å²) in [7, 11) is 2.55. The predicted octanol–water partition coefficient (Wildman–Crippen LogP) is 13.1. The monoisotopic (exact) mass is 1760 g/mol. The zero-order valence-electron chi connectivity index (χ0n) is 72.2. The average molecular weight is 1760 g/mol. The van der Waals surface area contributed by atoms with Crippen molar-refractivity contribution in [2.45, 2.75) is 176 Å². The summed E-state index contributed by atoms with van der Waals surface area (Å²) in [6.07, 6.45) is 10.6. The largest absolute Gasteiger partial charge is 0.494 e. The normalized spacial score (nSPS) is 20.4. The molecule has 6 aliphatic rings. The molecule has 5 N–H and O–H groups in total. The number of halogens is 3. The SMILES string of the molecule is COC(=O)Cc1cc(OCCCCCN2CCN(c3ccc(C(=O)CC4C(C)(C)C(Oc5ccc(C#N)c(Cl)c5)C4(C)C)cn3)CC2)ccc1C(=O)NC1CCC(=O)CC1=O.COC(=O)Cc1cc(OCCCCCN2CCN(c3ccc(C(=O)CC4C(C)(C)C(Oc5ccc(C#N)c(Cl)c5)C4(C)C)cn3)CC2)ccc1C(=O)O.Cl.NC1CCC(=O)NC1=O. The molecule has 6 fully saturated rings. The summed E-state index contributed by atoms with van der Waals surface area (Å²) < 4.78 is 34.1. The van der Waals surface area contributed by atoms with Crippen LogP contribution in [0.25, 0.3) is 0 Å². The number of aromatic carboxylic acids is 1. The number of ether oxygens (including phenoxy) is 6. The number of carbonyl (C=O) groups is 10. The van der Waals surface area contributed by atoms with Gasteiger partial charge in [-0.1, -0.05) is 78.6 Å². The molecule has 3 saturated heterocycles. The van der Waals surface area contributed by atoms with E-state index < -0.39 is 35.9 Å². The number of nitrogens with zero attached hydrogens (tertiary/aromatic N) is 8. The van der Waals surface area contributed by atoms with Crippen LogP contribution in [0.15, 0.2) is 109 Å². The van der Waals surface area contributed by atoms with Crippen LogP contribution in [0.3, 0.4) is 0 Å². The Morgan fingerprint density at radius 2 is 0.984 bits per heavy atom. The van der Waals surface area contributed by atoms with Gasteiger partial charge in [0.05, 0.1) is 85.5 Å². The predicted molar refractivity (Wildman–Crippen MR) is 470 cm³/mol. The van der Waals surface area contributed by atoms with Crippen molar-refractivity contribution in [1.82, 2.24) is 30.4 Å². The minimum absolute atomic E-state index is 0. The molecular weight excluding hydrogens is 1650 g/mol. The molecule has 0 radical (unpaired) electrons. The number of benzene rings is 4. The van der Waals surface area contributed by atoms with Crippen LogP contribution in [0.4, 0.5) is 11.6 Å². The number of carboxylic acids is 1. The molecule has 6 aromatic rings. The van der Waals surface area contributed by atoms with Crippen molar-refractivity contribution in [1.29, 1.82) is 10.5 Å². The molecule has 28 nitrogen and oxygen atoms in total. The number of nitriles is 2. The number of unbranched alkanes of at least 4 members (excludes halogenated alkanes) is 4. The van der Waals surface area contributed by atoms with Crippen LogP contribution in [0.5, 0.6) is 23.0 Å². The highest BCUT2D eigenvalue weighted by Crippen LogP contribution is 2.63. The first-order valence-corrected chi connectivity index (χ1v) is 42.8. The standard InChI is InChI=1S/C47H56ClN5O8.C41H49ClN4O7.C5H8N2O2.ClH/c1-46(2)41(47(3,4)45(46)61-35-12-9-30(28-49)37(48)26-35)27-39(55)31-10-16-42(50-29-31)53-20-18-52(19-21-53)17-7-6-8-22-60-34-13-14-36(32(23-34)24-43(57)59-5)44(58)51-38-15-11-33(54)25-40(38)56;1-40(2)35(41(3,4)39(40)53-31-11-9-27(25-43)33(42)23-31)24-34(47)28-10-14-36(44-26-28)46-18-16-45(17-19-46)15-7-6-8-20-52-30-12-13-32(38(49)50)29(21-30)22-37(48)51-5;6-3-1-2-4(8)7-5(3)9;/h9-10,12-14,16,23,26,29,38,41,45H,6-8,11,15,17-22,24-25,27H2,1-5H3,(H,51,58);9-14,21,23,26,35,39H,6-8,15-20,22,24H2,1-5H3,(H,49,50);3H,1-2,6H2,(H,7,8,9);1H. The number of ketones is 4. The van der Waals surface area contributed by atoms with Crippen molar-refractivity contribution in [3.63, 3.8) is 0 Å². The topological polar surface area (TPSA) is 383 Å². The molecule has 2 atom stereocenters. The molecule has 3 aliphatic carbocycles. The number of carboxylic acid groups (broad SMARTS) is 1. The third kappa shape index (κ3) is 24.9. The number of rotatable bonds is 33. The molecule has 4 aromatic carbocycles. The zero-order chi connectivity index (χ0) is 89.1. The number of nitrogens with two attached hydrogens (primary N) is 1. The van der Waals surface area contributed by atoms with Crippen molar-refractivity contribution in [3.8, 4) is 35.1 Å². The van der Waals surface area contributed by atoms with Gasteiger partial charge < -0.3 is 54.4 Å². The molecule has 3 saturated carbocycles. The van der Waals surface area contributed by atoms with Gasteiger partial charge in [-0.2, -0.15) is 10.5 Å². The molecule has 3 amide bonds. The molecule has 0 spiro atoms. The van der Waals surface area contributed by atoms with E-state index in [1.165, 1.54) is 20.3 Å². The van der Waals surface area contributed by atoms with Gasteiger partial charge in [0.1, 0.15) is 64.8 Å². The number of methoxy groups -OCH3 is 2. The maximum absolute atomic E-state index is 13.5. The number of esters is 2. The fraction of sp³-hybridized carbons (Fsp3) is 0.505. The van der Waals surface area contributed by atoms with Crippen molar-refractivity contribution in [3.05, 3.63) is 164 Å². The molecule has 124 heavy (non-hydrogen) atoms. The smallest absolute Gasteiger partial charge is 0.335 e. The number of aromatic nitrogens is 2. The highest BCUT2D eigenvalue weighted by atomic mass is 35.5. The third-order valence-corrected chi connectivity index (χ3v) is 25.4. The summed E-state index contributed by atoms with van der Waals surface area (Å²) in [5, 5.41) is 33.4. The van der Waals surface area contributed by atoms with Crippen molar-refractivity contribution < 1.29 is 81.5 Å². The summed E-state index contributed by atoms with van der Waals surface area (Å²) in [6, 6.07) is 30.5. The number of anilines is 2. The van der Waals surface area contributed by atoms with Crippen molar-refractivity contribution in [2.75, 3.05) is 103 Å². The first kappa shape index (κ1) is 97.2. The van der Waals surface area contributed by atoms with Crippen LogP contribution in [0, 0.1) is 56.2 Å². The summed E-state index contributed by atoms with van der Waals surface area (Å²) in [6.45, 7) is 27.2. The van der Waals surface area contributed by atoms with Gasteiger partial charge in [-0.05, 0) is 172 Å². The van der Waals surface area contributed by atoms with Crippen LogP contribution in [-0.2, 0) is 51.1 Å². The second kappa shape index (κ2) is 43.8. The van der Waals surface area contributed by atoms with Crippen LogP contribution >= 0.6 is 35.6 Å². The molecule has 31 heteroatoms. The number of carbonyl (C=O) groups excluding carboxylic acids is 9. The Morgan fingerprint density at radius 3 is 1.36 bits per heavy atom. The molecule has 2 aromatic heterocycles. The number of hydrogen-bond acceptors (Lipinski definition) is 25. The fourth-order valence-corrected chi connectivity index (χ4v) is 18.6. The van der Waals surface area contributed by atoms with E-state index in [0.717, 1.165) is 116 Å². The number of nitrogens with one attached hydrogen (secondary N) is 2.